The maximum Gasteiger partial charge on any atom is 0.472 e. The number of rotatable bonds is 35. The number of allylic oxidation sites excluding steroid dienone is 4. The summed E-state index contributed by atoms with van der Waals surface area (Å²) in [4.78, 5) is 22.3. The molecule has 0 fully saturated rings. The molecule has 8 nitrogen and oxygen atoms in total. The molecule has 0 rings (SSSR count). The first-order chi connectivity index (χ1) is 21.9. The molecular formula is C36H70NO7P. The van der Waals surface area contributed by atoms with Gasteiger partial charge in [0.15, 0.2) is 0 Å². The van der Waals surface area contributed by atoms with Crippen LogP contribution in [0.25, 0.3) is 0 Å². The van der Waals surface area contributed by atoms with Crippen LogP contribution < -0.4 is 5.73 Å². The molecule has 0 aliphatic rings. The van der Waals surface area contributed by atoms with Gasteiger partial charge < -0.3 is 20.1 Å². The first-order valence-electron chi connectivity index (χ1n) is 18.3. The van der Waals surface area contributed by atoms with Crippen LogP contribution >= 0.6 is 7.82 Å². The number of nitrogens with two attached hydrogens (primary N) is 1. The third-order valence-corrected chi connectivity index (χ3v) is 8.61. The van der Waals surface area contributed by atoms with Crippen LogP contribution in [0.1, 0.15) is 162 Å². The Balaban J connectivity index is 4.11. The van der Waals surface area contributed by atoms with Gasteiger partial charge in [-0.15, -0.1) is 0 Å². The van der Waals surface area contributed by atoms with Crippen molar-refractivity contribution in [3.05, 3.63) is 24.3 Å². The number of carbonyl (C=O) groups is 1. The Morgan fingerprint density at radius 1 is 0.667 bits per heavy atom. The fourth-order valence-corrected chi connectivity index (χ4v) is 5.66. The average Bonchev–Trinajstić information content (AvgIpc) is 3.02. The molecule has 3 N–H and O–H groups in total. The summed E-state index contributed by atoms with van der Waals surface area (Å²) in [5, 5.41) is 0. The summed E-state index contributed by atoms with van der Waals surface area (Å²) in [5.41, 5.74) is 5.34. The van der Waals surface area contributed by atoms with Crippen molar-refractivity contribution in [2.75, 3.05) is 33.0 Å². The Morgan fingerprint density at radius 3 is 1.80 bits per heavy atom. The Kier molecular flexibility index (Phi) is 33.5. The molecule has 0 amide bonds. The fourth-order valence-electron chi connectivity index (χ4n) is 4.89. The van der Waals surface area contributed by atoms with Gasteiger partial charge in [0.05, 0.1) is 19.8 Å². The summed E-state index contributed by atoms with van der Waals surface area (Å²) in [5.74, 6) is -0.336. The van der Waals surface area contributed by atoms with Crippen molar-refractivity contribution < 1.29 is 32.8 Å². The summed E-state index contributed by atoms with van der Waals surface area (Å²) < 4.78 is 33.2. The zero-order valence-corrected chi connectivity index (χ0v) is 30.0. The minimum atomic E-state index is -4.27. The van der Waals surface area contributed by atoms with E-state index in [9.17, 15) is 14.3 Å². The molecule has 2 unspecified atom stereocenters. The molecule has 0 bridgehead atoms. The van der Waals surface area contributed by atoms with Gasteiger partial charge in [-0.25, -0.2) is 4.57 Å². The maximum absolute atomic E-state index is 12.5. The molecule has 45 heavy (non-hydrogen) atoms. The van der Waals surface area contributed by atoms with Gasteiger partial charge in [-0.3, -0.25) is 13.8 Å². The van der Waals surface area contributed by atoms with E-state index in [1.807, 2.05) is 0 Å². The SMILES string of the molecule is CCCC/C=C\C/C=C\CCCCCCCCOCC(COP(=O)(O)OCCN)OC(=O)CCCCCCCCCCCCC. The summed E-state index contributed by atoms with van der Waals surface area (Å²) in [6.07, 6.45) is 34.7. The monoisotopic (exact) mass is 659 g/mol. The first kappa shape index (κ1) is 44.0. The van der Waals surface area contributed by atoms with E-state index in [1.54, 1.807) is 0 Å². The highest BCUT2D eigenvalue weighted by molar-refractivity contribution is 7.47. The van der Waals surface area contributed by atoms with Crippen molar-refractivity contribution in [1.82, 2.24) is 0 Å². The minimum absolute atomic E-state index is 0.0962. The molecule has 2 atom stereocenters. The Labute approximate surface area is 276 Å². The van der Waals surface area contributed by atoms with Crippen LogP contribution in [0.2, 0.25) is 0 Å². The highest BCUT2D eigenvalue weighted by Crippen LogP contribution is 2.43. The van der Waals surface area contributed by atoms with Gasteiger partial charge in [-0.05, 0) is 38.5 Å². The zero-order valence-electron chi connectivity index (χ0n) is 29.1. The van der Waals surface area contributed by atoms with Crippen LogP contribution in [0.4, 0.5) is 0 Å². The van der Waals surface area contributed by atoms with E-state index < -0.39 is 13.9 Å². The Morgan fingerprint density at radius 2 is 1.20 bits per heavy atom. The lowest BCUT2D eigenvalue weighted by atomic mass is 10.1. The van der Waals surface area contributed by atoms with Gasteiger partial charge in [0, 0.05) is 19.6 Å². The Hall–Kier alpha value is -1.02. The molecule has 9 heteroatoms. The summed E-state index contributed by atoms with van der Waals surface area (Å²) in [7, 11) is -4.27. The third-order valence-electron chi connectivity index (χ3n) is 7.62. The van der Waals surface area contributed by atoms with E-state index in [2.05, 4.69) is 38.2 Å². The zero-order chi connectivity index (χ0) is 33.1. The van der Waals surface area contributed by atoms with Crippen molar-refractivity contribution in [3.8, 4) is 0 Å². The number of esters is 1. The fraction of sp³-hybridized carbons (Fsp3) is 0.861. The van der Waals surface area contributed by atoms with Gasteiger partial charge >= 0.3 is 13.8 Å². The molecule has 0 aliphatic carbocycles. The van der Waals surface area contributed by atoms with E-state index in [0.29, 0.717) is 13.0 Å². The van der Waals surface area contributed by atoms with Crippen molar-refractivity contribution in [2.45, 2.75) is 168 Å². The van der Waals surface area contributed by atoms with Gasteiger partial charge in [0.1, 0.15) is 6.10 Å². The van der Waals surface area contributed by atoms with Gasteiger partial charge in [0.25, 0.3) is 0 Å². The molecule has 0 spiro atoms. The summed E-state index contributed by atoms with van der Waals surface area (Å²) in [6.45, 7) is 4.85. The lowest BCUT2D eigenvalue weighted by Gasteiger charge is -2.20. The molecule has 0 saturated carbocycles. The predicted molar refractivity (Wildman–Crippen MR) is 187 cm³/mol. The molecule has 0 aromatic rings. The minimum Gasteiger partial charge on any atom is -0.457 e. The van der Waals surface area contributed by atoms with Gasteiger partial charge in [0.2, 0.25) is 0 Å². The lowest BCUT2D eigenvalue weighted by Crippen LogP contribution is -2.28. The second-order valence-corrected chi connectivity index (χ2v) is 13.5. The highest BCUT2D eigenvalue weighted by atomic mass is 31.2. The maximum atomic E-state index is 12.5. The third kappa shape index (κ3) is 34.1. The van der Waals surface area contributed by atoms with Crippen LogP contribution in [0, 0.1) is 0 Å². The van der Waals surface area contributed by atoms with Crippen molar-refractivity contribution in [2.24, 2.45) is 5.73 Å². The number of phosphoric acid groups is 1. The van der Waals surface area contributed by atoms with Crippen LogP contribution in [0.15, 0.2) is 24.3 Å². The van der Waals surface area contributed by atoms with E-state index in [4.69, 9.17) is 24.3 Å². The normalized spacial score (nSPS) is 14.0. The topological polar surface area (TPSA) is 117 Å². The smallest absolute Gasteiger partial charge is 0.457 e. The quantitative estimate of drug-likeness (QED) is 0.0299. The van der Waals surface area contributed by atoms with Crippen LogP contribution in [-0.4, -0.2) is 49.9 Å². The van der Waals surface area contributed by atoms with Crippen LogP contribution in [-0.2, 0) is 27.9 Å². The average molecular weight is 660 g/mol. The molecule has 0 aliphatic heterocycles. The largest absolute Gasteiger partial charge is 0.472 e. The van der Waals surface area contributed by atoms with Gasteiger partial charge in [-0.1, -0.05) is 141 Å². The second kappa shape index (κ2) is 34.3. The van der Waals surface area contributed by atoms with E-state index >= 15 is 0 Å². The number of hydrogen-bond donors (Lipinski definition) is 2. The first-order valence-corrected chi connectivity index (χ1v) is 19.8. The van der Waals surface area contributed by atoms with Crippen LogP contribution in [0.5, 0.6) is 0 Å². The number of ether oxygens (including phenoxy) is 2. The van der Waals surface area contributed by atoms with Crippen LogP contribution in [0.3, 0.4) is 0 Å². The highest BCUT2D eigenvalue weighted by Gasteiger charge is 2.25. The van der Waals surface area contributed by atoms with E-state index in [0.717, 1.165) is 44.9 Å². The molecule has 266 valence electrons. The molecule has 0 aromatic carbocycles. The molecular weight excluding hydrogens is 589 g/mol. The molecule has 0 aromatic heterocycles. The Bertz CT molecular complexity index is 747. The standard InChI is InChI=1S/C36H70NO7P/c1-3-5-7-9-11-13-15-16-17-18-20-22-24-26-28-31-41-33-35(34-43-45(39,40)42-32-30-37)44-36(38)29-27-25-23-21-19-14-12-10-8-6-4-2/h9,11,15-16,35H,3-8,10,12-14,17-34,37H2,1-2H3,(H,39,40)/b11-9-,16-15-. The summed E-state index contributed by atoms with van der Waals surface area (Å²) in [6, 6.07) is 0. The van der Waals surface area contributed by atoms with E-state index in [1.165, 1.54) is 96.3 Å². The lowest BCUT2D eigenvalue weighted by molar-refractivity contribution is -0.154. The van der Waals surface area contributed by atoms with Gasteiger partial charge in [-0.2, -0.15) is 0 Å². The number of unbranched alkanes of at least 4 members (excludes halogenated alkanes) is 18. The number of hydrogen-bond acceptors (Lipinski definition) is 7. The molecule has 0 radical (unpaired) electrons. The van der Waals surface area contributed by atoms with Crippen molar-refractivity contribution in [3.63, 3.8) is 0 Å². The van der Waals surface area contributed by atoms with Crippen molar-refractivity contribution in [1.29, 1.82) is 0 Å². The number of carbonyl (C=O) groups excluding carboxylic acids is 1. The molecule has 0 heterocycles. The second-order valence-electron chi connectivity index (χ2n) is 12.1. The van der Waals surface area contributed by atoms with Crippen molar-refractivity contribution >= 4 is 13.8 Å². The number of phosphoric ester groups is 1. The molecule has 0 saturated heterocycles. The van der Waals surface area contributed by atoms with E-state index in [-0.39, 0.29) is 32.3 Å². The summed E-state index contributed by atoms with van der Waals surface area (Å²) >= 11 is 0. The predicted octanol–water partition coefficient (Wildman–Crippen LogP) is 10.1.